The van der Waals surface area contributed by atoms with Gasteiger partial charge >= 0.3 is 17.9 Å². The summed E-state index contributed by atoms with van der Waals surface area (Å²) in [6.07, 6.45) is 102. The summed E-state index contributed by atoms with van der Waals surface area (Å²) < 4.78 is 16.7. The molecule has 0 fully saturated rings. The second kappa shape index (κ2) is 66.8. The van der Waals surface area contributed by atoms with E-state index in [1.807, 2.05) is 0 Å². The monoisotopic (exact) mass is 1110 g/mol. The van der Waals surface area contributed by atoms with Crippen molar-refractivity contribution in [2.24, 2.45) is 0 Å². The van der Waals surface area contributed by atoms with Crippen molar-refractivity contribution in [3.8, 4) is 0 Å². The van der Waals surface area contributed by atoms with Crippen LogP contribution in [0.3, 0.4) is 0 Å². The van der Waals surface area contributed by atoms with Crippen LogP contribution in [0, 0.1) is 0 Å². The Labute approximate surface area is 497 Å². The predicted molar refractivity (Wildman–Crippen MR) is 352 cm³/mol. The SMILES string of the molecule is CC/C=C\C/C=C\C/C=C\C/C=C\C/C=C\C/C=C\C/C=C\C/C=C\C/C=C\C/C=C\CCCCCCC(=O)OCC(COC(=O)CCCCCCCCC)OC(=O)CCCC/C=C\C/C=C\C/C=C\C/C=C\C/C=C\C/C=C\CC. The minimum Gasteiger partial charge on any atom is -0.462 e. The molecule has 6 heteroatoms. The number of carbonyl (C=O) groups excluding carboxylic acids is 3. The third kappa shape index (κ3) is 64.9. The van der Waals surface area contributed by atoms with Gasteiger partial charge in [-0.2, -0.15) is 0 Å². The van der Waals surface area contributed by atoms with E-state index < -0.39 is 6.10 Å². The fraction of sp³-hybridized carbons (Fsp3) is 0.533. The van der Waals surface area contributed by atoms with Crippen molar-refractivity contribution in [1.82, 2.24) is 0 Å². The normalized spacial score (nSPS) is 13.5. The molecule has 0 aromatic carbocycles. The summed E-state index contributed by atoms with van der Waals surface area (Å²) in [5.74, 6) is -1.00. The summed E-state index contributed by atoms with van der Waals surface area (Å²) in [6.45, 7) is 6.29. The lowest BCUT2D eigenvalue weighted by atomic mass is 10.1. The van der Waals surface area contributed by atoms with Crippen LogP contribution in [0.25, 0.3) is 0 Å². The van der Waals surface area contributed by atoms with E-state index in [-0.39, 0.29) is 37.5 Å². The van der Waals surface area contributed by atoms with E-state index in [9.17, 15) is 14.4 Å². The largest absolute Gasteiger partial charge is 0.462 e. The lowest BCUT2D eigenvalue weighted by Gasteiger charge is -2.18. The highest BCUT2D eigenvalue weighted by Gasteiger charge is 2.19. The van der Waals surface area contributed by atoms with E-state index in [1.165, 1.54) is 25.7 Å². The molecule has 0 heterocycles. The Morgan fingerprint density at radius 2 is 0.481 bits per heavy atom. The van der Waals surface area contributed by atoms with Crippen molar-refractivity contribution >= 4 is 17.9 Å². The molecular formula is C75H114O6. The summed E-state index contributed by atoms with van der Waals surface area (Å²) in [5, 5.41) is 0. The lowest BCUT2D eigenvalue weighted by Crippen LogP contribution is -2.30. The molecule has 1 unspecified atom stereocenters. The van der Waals surface area contributed by atoms with Gasteiger partial charge < -0.3 is 14.2 Å². The molecule has 0 aromatic rings. The highest BCUT2D eigenvalue weighted by atomic mass is 16.6. The Hall–Kier alpha value is -5.75. The number of unbranched alkanes of at least 4 members (excludes halogenated alkanes) is 12. The summed E-state index contributed by atoms with van der Waals surface area (Å²) in [4.78, 5) is 38.0. The van der Waals surface area contributed by atoms with E-state index in [0.717, 1.165) is 167 Å². The number of hydrogen-bond donors (Lipinski definition) is 0. The summed E-state index contributed by atoms with van der Waals surface area (Å²) in [5.41, 5.74) is 0. The second-order valence-electron chi connectivity index (χ2n) is 20.2. The van der Waals surface area contributed by atoms with E-state index in [4.69, 9.17) is 14.2 Å². The van der Waals surface area contributed by atoms with Crippen LogP contribution in [0.5, 0.6) is 0 Å². The van der Waals surface area contributed by atoms with Gasteiger partial charge in [0.25, 0.3) is 0 Å². The minimum atomic E-state index is -0.820. The molecule has 0 N–H and O–H groups in total. The standard InChI is InChI=1S/C75H114O6/c1-4-7-10-13-16-18-20-22-24-26-28-30-31-32-33-34-35-36-37-38-39-40-41-42-43-45-46-48-50-52-54-56-59-62-65-68-74(77)80-71-72(70-79-73(76)67-64-61-58-15-12-9-6-3)81-75(78)69-66-63-60-57-55-53-51-49-47-44-29-27-25-23-21-19-17-14-11-8-5-2/h7-8,10-11,16-19,22-25,28-30,32-33,35-36,38-39,41-42,44-46,49-52,55,57,72H,4-6,9,12-15,20-21,26-27,31,34,37,40,43,47-48,53-54,56,58-71H2,1-3H3/b10-7-,11-8-,18-16-,19-17-,24-22-,25-23-,30-28-,33-32-,36-35-,39-38-,42-41-,44-29-,46-45-,51-49-,52-50-,57-55-. The van der Waals surface area contributed by atoms with E-state index >= 15 is 0 Å². The van der Waals surface area contributed by atoms with Crippen LogP contribution in [-0.4, -0.2) is 37.2 Å². The Morgan fingerprint density at radius 1 is 0.259 bits per heavy atom. The first-order valence-corrected chi connectivity index (χ1v) is 31.9. The Morgan fingerprint density at radius 3 is 0.778 bits per heavy atom. The maximum Gasteiger partial charge on any atom is 0.306 e. The predicted octanol–water partition coefficient (Wildman–Crippen LogP) is 22.2. The van der Waals surface area contributed by atoms with Crippen LogP contribution in [0.4, 0.5) is 0 Å². The van der Waals surface area contributed by atoms with Crippen LogP contribution in [0.1, 0.15) is 239 Å². The van der Waals surface area contributed by atoms with E-state index in [0.29, 0.717) is 19.3 Å². The van der Waals surface area contributed by atoms with Crippen LogP contribution in [-0.2, 0) is 28.6 Å². The molecule has 0 aliphatic rings. The molecule has 0 saturated carbocycles. The molecule has 0 saturated heterocycles. The number of rotatable bonds is 55. The van der Waals surface area contributed by atoms with Crippen molar-refractivity contribution in [2.45, 2.75) is 245 Å². The van der Waals surface area contributed by atoms with Gasteiger partial charge in [0, 0.05) is 19.3 Å². The lowest BCUT2D eigenvalue weighted by molar-refractivity contribution is -0.167. The molecule has 0 aliphatic carbocycles. The van der Waals surface area contributed by atoms with Gasteiger partial charge in [-0.15, -0.1) is 0 Å². The zero-order valence-corrected chi connectivity index (χ0v) is 51.5. The Bertz CT molecular complexity index is 1950. The quantitative estimate of drug-likeness (QED) is 0.0261. The van der Waals surface area contributed by atoms with Gasteiger partial charge in [0.05, 0.1) is 0 Å². The fourth-order valence-corrected chi connectivity index (χ4v) is 7.88. The first kappa shape index (κ1) is 75.2. The van der Waals surface area contributed by atoms with Crippen molar-refractivity contribution < 1.29 is 28.6 Å². The molecule has 0 aromatic heterocycles. The topological polar surface area (TPSA) is 78.9 Å². The average Bonchev–Trinajstić information content (AvgIpc) is 3.47. The van der Waals surface area contributed by atoms with Crippen molar-refractivity contribution in [3.05, 3.63) is 194 Å². The first-order valence-electron chi connectivity index (χ1n) is 31.9. The number of ether oxygens (including phenoxy) is 3. The average molecular weight is 1110 g/mol. The van der Waals surface area contributed by atoms with Crippen molar-refractivity contribution in [2.75, 3.05) is 13.2 Å². The van der Waals surface area contributed by atoms with Gasteiger partial charge in [-0.25, -0.2) is 0 Å². The zero-order valence-electron chi connectivity index (χ0n) is 51.5. The zero-order chi connectivity index (χ0) is 58.5. The molecule has 450 valence electrons. The van der Waals surface area contributed by atoms with Gasteiger partial charge in [-0.05, 0) is 148 Å². The second-order valence-corrected chi connectivity index (χ2v) is 20.2. The molecule has 0 radical (unpaired) electrons. The third-order valence-electron chi connectivity index (χ3n) is 12.6. The maximum atomic E-state index is 12.8. The summed E-state index contributed by atoms with van der Waals surface area (Å²) >= 11 is 0. The molecule has 0 bridgehead atoms. The number of allylic oxidation sites excluding steroid dienone is 32. The highest BCUT2D eigenvalue weighted by molar-refractivity contribution is 5.71. The molecule has 0 amide bonds. The molecule has 0 aliphatic heterocycles. The van der Waals surface area contributed by atoms with Crippen LogP contribution >= 0.6 is 0 Å². The minimum absolute atomic E-state index is 0.113. The smallest absolute Gasteiger partial charge is 0.306 e. The summed E-state index contributed by atoms with van der Waals surface area (Å²) in [7, 11) is 0. The van der Waals surface area contributed by atoms with Gasteiger partial charge in [-0.3, -0.25) is 14.4 Å². The van der Waals surface area contributed by atoms with E-state index in [2.05, 4.69) is 215 Å². The molecular weight excluding hydrogens is 997 g/mol. The first-order chi connectivity index (χ1) is 40.0. The van der Waals surface area contributed by atoms with Crippen molar-refractivity contribution in [1.29, 1.82) is 0 Å². The van der Waals surface area contributed by atoms with Gasteiger partial charge in [0.15, 0.2) is 6.10 Å². The molecule has 6 nitrogen and oxygen atoms in total. The number of esters is 3. The van der Waals surface area contributed by atoms with Gasteiger partial charge in [0.2, 0.25) is 0 Å². The Balaban J connectivity index is 4.30. The van der Waals surface area contributed by atoms with Gasteiger partial charge in [-0.1, -0.05) is 267 Å². The molecule has 0 rings (SSSR count). The fourth-order valence-electron chi connectivity index (χ4n) is 7.88. The summed E-state index contributed by atoms with van der Waals surface area (Å²) in [6, 6.07) is 0. The molecule has 1 atom stereocenters. The Kier molecular flexibility index (Phi) is 62.0. The number of hydrogen-bond acceptors (Lipinski definition) is 6. The molecule has 0 spiro atoms. The van der Waals surface area contributed by atoms with E-state index in [1.54, 1.807) is 0 Å². The van der Waals surface area contributed by atoms with Crippen LogP contribution in [0.2, 0.25) is 0 Å². The van der Waals surface area contributed by atoms with Crippen LogP contribution in [0.15, 0.2) is 194 Å². The molecule has 81 heavy (non-hydrogen) atoms. The maximum absolute atomic E-state index is 12.8. The van der Waals surface area contributed by atoms with Crippen LogP contribution < -0.4 is 0 Å². The number of carbonyl (C=O) groups is 3. The van der Waals surface area contributed by atoms with Crippen molar-refractivity contribution in [3.63, 3.8) is 0 Å². The highest BCUT2D eigenvalue weighted by Crippen LogP contribution is 2.12. The third-order valence-corrected chi connectivity index (χ3v) is 12.6. The van der Waals surface area contributed by atoms with Gasteiger partial charge in [0.1, 0.15) is 13.2 Å².